The predicted octanol–water partition coefficient (Wildman–Crippen LogP) is 2.01. The van der Waals surface area contributed by atoms with Crippen molar-refractivity contribution in [3.63, 3.8) is 0 Å². The Morgan fingerprint density at radius 2 is 2.00 bits per heavy atom. The number of aryl methyl sites for hydroxylation is 1. The summed E-state index contributed by atoms with van der Waals surface area (Å²) < 4.78 is 5.01. The van der Waals surface area contributed by atoms with E-state index in [1.54, 1.807) is 4.90 Å². The number of piperidine rings is 1. The molecule has 2 aliphatic rings. The van der Waals surface area contributed by atoms with Gasteiger partial charge in [-0.15, -0.1) is 0 Å². The number of nitrogens with two attached hydrogens (primary N) is 1. The van der Waals surface area contributed by atoms with Gasteiger partial charge in [-0.2, -0.15) is 0 Å². The lowest BCUT2D eigenvalue weighted by Gasteiger charge is -2.39. The molecule has 1 aromatic heterocycles. The first-order valence-electron chi connectivity index (χ1n) is 11.1. The van der Waals surface area contributed by atoms with E-state index < -0.39 is 17.7 Å². The SMILES string of the molecule is COc1ncc(NC(=O)C(=O)N2C[C@H](C)CC[C@H]2c2ccc3c(c2)CCC(=O)N3)cc1C(N)=O. The average molecular weight is 466 g/mol. The minimum atomic E-state index is -0.827. The van der Waals surface area contributed by atoms with Gasteiger partial charge in [0.05, 0.1) is 25.0 Å². The Bertz CT molecular complexity index is 1160. The fourth-order valence-corrected chi connectivity index (χ4v) is 4.51. The largest absolute Gasteiger partial charge is 0.480 e. The van der Waals surface area contributed by atoms with Crippen LogP contribution in [-0.2, 0) is 20.8 Å². The number of methoxy groups -OCH3 is 1. The molecular weight excluding hydrogens is 438 g/mol. The minimum Gasteiger partial charge on any atom is -0.480 e. The van der Waals surface area contributed by atoms with Crippen LogP contribution in [-0.4, -0.2) is 47.2 Å². The Kier molecular flexibility index (Phi) is 6.49. The number of likely N-dealkylation sites (tertiary alicyclic amines) is 1. The Morgan fingerprint density at radius 3 is 2.74 bits per heavy atom. The van der Waals surface area contributed by atoms with Gasteiger partial charge >= 0.3 is 11.8 Å². The average Bonchev–Trinajstić information content (AvgIpc) is 2.83. The second kappa shape index (κ2) is 9.50. The number of rotatable bonds is 4. The molecule has 3 heterocycles. The summed E-state index contributed by atoms with van der Waals surface area (Å²) in [5.41, 5.74) is 8.26. The lowest BCUT2D eigenvalue weighted by Crippen LogP contribution is -2.46. The van der Waals surface area contributed by atoms with Crippen LogP contribution >= 0.6 is 0 Å². The van der Waals surface area contributed by atoms with E-state index in [1.807, 2.05) is 25.1 Å². The molecule has 0 unspecified atom stereocenters. The van der Waals surface area contributed by atoms with Crippen LogP contribution in [0.2, 0.25) is 0 Å². The molecule has 4 N–H and O–H groups in total. The lowest BCUT2D eigenvalue weighted by molar-refractivity contribution is -0.146. The van der Waals surface area contributed by atoms with Crippen molar-refractivity contribution in [1.82, 2.24) is 9.88 Å². The molecule has 4 amide bonds. The maximum atomic E-state index is 13.2. The summed E-state index contributed by atoms with van der Waals surface area (Å²) in [5.74, 6) is -1.99. The normalized spacial score (nSPS) is 19.6. The van der Waals surface area contributed by atoms with E-state index in [-0.39, 0.29) is 35.0 Å². The molecule has 4 rings (SSSR count). The standard InChI is InChI=1S/C24H27N5O5/c1-13-3-7-19(15-4-6-18-14(9-15)5-8-20(30)28-18)29(12-13)24(33)22(32)27-16-10-17(21(25)31)23(34-2)26-11-16/h4,6,9-11,13,19H,3,5,7-8,12H2,1-2H3,(H2,25,31)(H,27,32)(H,28,30)/t13-,19+/m1/s1. The Balaban J connectivity index is 1.55. The molecule has 34 heavy (non-hydrogen) atoms. The van der Waals surface area contributed by atoms with Crippen LogP contribution in [0.4, 0.5) is 11.4 Å². The Labute approximate surface area is 196 Å². The number of ether oxygens (including phenoxy) is 1. The quantitative estimate of drug-likeness (QED) is 0.589. The van der Waals surface area contributed by atoms with Crippen LogP contribution in [0.5, 0.6) is 5.88 Å². The van der Waals surface area contributed by atoms with Gasteiger partial charge in [-0.1, -0.05) is 19.1 Å². The van der Waals surface area contributed by atoms with Gasteiger partial charge in [0.2, 0.25) is 11.8 Å². The fraction of sp³-hybridized carbons (Fsp3) is 0.375. The minimum absolute atomic E-state index is 0.00151. The van der Waals surface area contributed by atoms with Crippen LogP contribution in [0.3, 0.4) is 0 Å². The van der Waals surface area contributed by atoms with E-state index in [0.717, 1.165) is 29.7 Å². The van der Waals surface area contributed by atoms with E-state index in [2.05, 4.69) is 15.6 Å². The number of nitrogens with one attached hydrogen (secondary N) is 2. The molecule has 1 saturated heterocycles. The first-order chi connectivity index (χ1) is 16.3. The van der Waals surface area contributed by atoms with E-state index in [4.69, 9.17) is 10.5 Å². The maximum absolute atomic E-state index is 13.2. The van der Waals surface area contributed by atoms with Crippen molar-refractivity contribution in [2.75, 3.05) is 24.3 Å². The van der Waals surface area contributed by atoms with Crippen LogP contribution in [0.25, 0.3) is 0 Å². The molecule has 2 aliphatic heterocycles. The summed E-state index contributed by atoms with van der Waals surface area (Å²) in [5, 5.41) is 5.39. The third-order valence-electron chi connectivity index (χ3n) is 6.25. The van der Waals surface area contributed by atoms with E-state index in [1.165, 1.54) is 19.4 Å². The maximum Gasteiger partial charge on any atom is 0.313 e. The number of pyridine rings is 1. The Morgan fingerprint density at radius 1 is 1.21 bits per heavy atom. The summed E-state index contributed by atoms with van der Waals surface area (Å²) >= 11 is 0. The molecule has 0 aliphatic carbocycles. The monoisotopic (exact) mass is 465 g/mol. The fourth-order valence-electron chi connectivity index (χ4n) is 4.51. The summed E-state index contributed by atoms with van der Waals surface area (Å²) in [6.45, 7) is 2.49. The summed E-state index contributed by atoms with van der Waals surface area (Å²) in [7, 11) is 1.35. The van der Waals surface area contributed by atoms with Gasteiger partial charge in [0.1, 0.15) is 5.56 Å². The zero-order valence-corrected chi connectivity index (χ0v) is 19.1. The van der Waals surface area contributed by atoms with Crippen molar-refractivity contribution in [3.05, 3.63) is 47.2 Å². The van der Waals surface area contributed by atoms with Gasteiger partial charge in [-0.05, 0) is 48.4 Å². The highest BCUT2D eigenvalue weighted by molar-refractivity contribution is 6.39. The number of nitrogens with zero attached hydrogens (tertiary/aromatic N) is 2. The number of amides is 4. The Hall–Kier alpha value is -3.95. The van der Waals surface area contributed by atoms with E-state index in [0.29, 0.717) is 19.4 Å². The van der Waals surface area contributed by atoms with Crippen LogP contribution < -0.4 is 21.1 Å². The molecule has 2 aromatic rings. The number of primary amides is 1. The van der Waals surface area contributed by atoms with E-state index >= 15 is 0 Å². The molecule has 10 nitrogen and oxygen atoms in total. The smallest absolute Gasteiger partial charge is 0.313 e. The van der Waals surface area contributed by atoms with Crippen molar-refractivity contribution in [2.45, 2.75) is 38.6 Å². The van der Waals surface area contributed by atoms with Gasteiger partial charge in [-0.25, -0.2) is 4.98 Å². The van der Waals surface area contributed by atoms with Crippen molar-refractivity contribution < 1.29 is 23.9 Å². The number of hydrogen-bond donors (Lipinski definition) is 3. The third-order valence-corrected chi connectivity index (χ3v) is 6.25. The number of anilines is 2. The second-order valence-corrected chi connectivity index (χ2v) is 8.72. The molecule has 2 atom stereocenters. The molecule has 0 radical (unpaired) electrons. The van der Waals surface area contributed by atoms with Gasteiger partial charge in [-0.3, -0.25) is 19.2 Å². The molecule has 178 valence electrons. The van der Waals surface area contributed by atoms with Gasteiger partial charge < -0.3 is 26.0 Å². The van der Waals surface area contributed by atoms with Crippen molar-refractivity contribution in [2.24, 2.45) is 11.7 Å². The van der Waals surface area contributed by atoms with Crippen LogP contribution in [0.15, 0.2) is 30.5 Å². The lowest BCUT2D eigenvalue weighted by atomic mass is 9.88. The van der Waals surface area contributed by atoms with Gasteiger partial charge in [0, 0.05) is 18.7 Å². The summed E-state index contributed by atoms with van der Waals surface area (Å²) in [6, 6.07) is 6.84. The zero-order valence-electron chi connectivity index (χ0n) is 19.1. The topological polar surface area (TPSA) is 144 Å². The third kappa shape index (κ3) is 4.70. The molecule has 0 saturated carbocycles. The molecule has 10 heteroatoms. The van der Waals surface area contributed by atoms with Crippen molar-refractivity contribution >= 4 is 35.0 Å². The van der Waals surface area contributed by atoms with Gasteiger partial charge in [0.15, 0.2) is 0 Å². The molecule has 0 spiro atoms. The first-order valence-corrected chi connectivity index (χ1v) is 11.1. The highest BCUT2D eigenvalue weighted by atomic mass is 16.5. The first kappa shape index (κ1) is 23.2. The number of carbonyl (C=O) groups excluding carboxylic acids is 4. The van der Waals surface area contributed by atoms with E-state index in [9.17, 15) is 19.2 Å². The summed E-state index contributed by atoms with van der Waals surface area (Å²) in [4.78, 5) is 55.0. The predicted molar refractivity (Wildman–Crippen MR) is 124 cm³/mol. The molecule has 0 bridgehead atoms. The van der Waals surface area contributed by atoms with Crippen LogP contribution in [0.1, 0.15) is 53.7 Å². The van der Waals surface area contributed by atoms with Crippen LogP contribution in [0, 0.1) is 5.92 Å². The molecular formula is C24H27N5O5. The second-order valence-electron chi connectivity index (χ2n) is 8.72. The zero-order chi connectivity index (χ0) is 24.4. The van der Waals surface area contributed by atoms with Crippen molar-refractivity contribution in [1.29, 1.82) is 0 Å². The highest BCUT2D eigenvalue weighted by Crippen LogP contribution is 2.36. The molecule has 1 aromatic carbocycles. The molecule has 1 fully saturated rings. The number of hydrogen-bond acceptors (Lipinski definition) is 6. The van der Waals surface area contributed by atoms with Crippen molar-refractivity contribution in [3.8, 4) is 5.88 Å². The number of benzene rings is 1. The highest BCUT2D eigenvalue weighted by Gasteiger charge is 2.35. The number of carbonyl (C=O) groups is 4. The number of fused-ring (bicyclic) bond motifs is 1. The van der Waals surface area contributed by atoms with Gasteiger partial charge in [0.25, 0.3) is 5.91 Å². The number of aromatic nitrogens is 1. The summed E-state index contributed by atoms with van der Waals surface area (Å²) in [6.07, 6.45) is 4.01.